The van der Waals surface area contributed by atoms with E-state index in [9.17, 15) is 9.90 Å². The maximum atomic E-state index is 11.4. The van der Waals surface area contributed by atoms with Crippen LogP contribution in [0, 0.1) is 0 Å². The molecule has 0 radical (unpaired) electrons. The minimum absolute atomic E-state index is 0.00477. The van der Waals surface area contributed by atoms with Crippen LogP contribution >= 0.6 is 11.6 Å². The van der Waals surface area contributed by atoms with E-state index < -0.39 is 5.97 Å². The molecule has 0 aliphatic heterocycles. The van der Waals surface area contributed by atoms with Crippen LogP contribution in [0.15, 0.2) is 42.5 Å². The van der Waals surface area contributed by atoms with Gasteiger partial charge in [-0.2, -0.15) is 0 Å². The molecule has 3 aromatic rings. The summed E-state index contributed by atoms with van der Waals surface area (Å²) in [6.45, 7) is 2.17. The van der Waals surface area contributed by atoms with Gasteiger partial charge in [0.15, 0.2) is 0 Å². The van der Waals surface area contributed by atoms with Gasteiger partial charge in [0.25, 0.3) is 0 Å². The molecule has 3 rings (SSSR count). The van der Waals surface area contributed by atoms with Crippen LogP contribution in [0.25, 0.3) is 22.2 Å². The number of aryl methyl sites for hydroxylation is 1. The SMILES string of the molecule is CCCCc1ccc2[nH]c(-c3ccc(Cl)cc3)c(CC(=O)O)c2c1. The summed E-state index contributed by atoms with van der Waals surface area (Å²) >= 11 is 5.97. The van der Waals surface area contributed by atoms with E-state index in [0.29, 0.717) is 5.02 Å². The smallest absolute Gasteiger partial charge is 0.307 e. The Morgan fingerprint density at radius 2 is 1.92 bits per heavy atom. The largest absolute Gasteiger partial charge is 0.481 e. The number of benzene rings is 2. The highest BCUT2D eigenvalue weighted by molar-refractivity contribution is 6.30. The van der Waals surface area contributed by atoms with E-state index in [0.717, 1.165) is 47.0 Å². The molecule has 24 heavy (non-hydrogen) atoms. The van der Waals surface area contributed by atoms with Crippen molar-refractivity contribution in [3.63, 3.8) is 0 Å². The molecule has 3 nitrogen and oxygen atoms in total. The van der Waals surface area contributed by atoms with E-state index in [1.807, 2.05) is 30.3 Å². The van der Waals surface area contributed by atoms with Crippen molar-refractivity contribution in [2.75, 3.05) is 0 Å². The summed E-state index contributed by atoms with van der Waals surface area (Å²) in [5, 5.41) is 11.0. The fourth-order valence-corrected chi connectivity index (χ4v) is 3.16. The van der Waals surface area contributed by atoms with Gasteiger partial charge in [0, 0.05) is 15.9 Å². The van der Waals surface area contributed by atoms with Crippen molar-refractivity contribution in [2.24, 2.45) is 0 Å². The molecule has 1 heterocycles. The average molecular weight is 342 g/mol. The molecule has 0 fully saturated rings. The van der Waals surface area contributed by atoms with Gasteiger partial charge in [0.1, 0.15) is 0 Å². The molecular formula is C20H20ClNO2. The number of aromatic amines is 1. The summed E-state index contributed by atoms with van der Waals surface area (Å²) in [4.78, 5) is 14.8. The highest BCUT2D eigenvalue weighted by atomic mass is 35.5. The molecule has 0 bridgehead atoms. The first-order valence-electron chi connectivity index (χ1n) is 8.19. The van der Waals surface area contributed by atoms with Crippen molar-refractivity contribution >= 4 is 28.5 Å². The predicted octanol–water partition coefficient (Wildman–Crippen LogP) is 5.46. The molecule has 1 aromatic heterocycles. The summed E-state index contributed by atoms with van der Waals surface area (Å²) in [5.74, 6) is -0.829. The number of hydrogen-bond donors (Lipinski definition) is 2. The molecule has 2 N–H and O–H groups in total. The zero-order chi connectivity index (χ0) is 17.1. The van der Waals surface area contributed by atoms with E-state index in [1.54, 1.807) is 0 Å². The number of hydrogen-bond acceptors (Lipinski definition) is 1. The molecule has 124 valence electrons. The van der Waals surface area contributed by atoms with Gasteiger partial charge in [0.2, 0.25) is 0 Å². The van der Waals surface area contributed by atoms with Crippen LogP contribution in [-0.2, 0) is 17.6 Å². The molecule has 0 aliphatic carbocycles. The van der Waals surface area contributed by atoms with Crippen molar-refractivity contribution in [1.82, 2.24) is 4.98 Å². The molecule has 4 heteroatoms. The number of halogens is 1. The lowest BCUT2D eigenvalue weighted by Gasteiger charge is -2.04. The molecule has 0 saturated heterocycles. The van der Waals surface area contributed by atoms with Gasteiger partial charge < -0.3 is 10.1 Å². The normalized spacial score (nSPS) is 11.1. The van der Waals surface area contributed by atoms with Crippen molar-refractivity contribution in [3.05, 3.63) is 58.6 Å². The first kappa shape index (κ1) is 16.6. The zero-order valence-electron chi connectivity index (χ0n) is 13.6. The zero-order valence-corrected chi connectivity index (χ0v) is 14.4. The number of carboxylic acid groups (broad SMARTS) is 1. The second-order valence-corrected chi connectivity index (χ2v) is 6.48. The molecule has 2 aromatic carbocycles. The second-order valence-electron chi connectivity index (χ2n) is 6.04. The Morgan fingerprint density at radius 1 is 1.17 bits per heavy atom. The Kier molecular flexibility index (Phi) is 4.91. The fraction of sp³-hybridized carbons (Fsp3) is 0.250. The van der Waals surface area contributed by atoms with Crippen LogP contribution in [0.4, 0.5) is 0 Å². The van der Waals surface area contributed by atoms with Crippen molar-refractivity contribution in [3.8, 4) is 11.3 Å². The van der Waals surface area contributed by atoms with Gasteiger partial charge in [-0.1, -0.05) is 43.1 Å². The van der Waals surface area contributed by atoms with Crippen LogP contribution in [-0.4, -0.2) is 16.1 Å². The summed E-state index contributed by atoms with van der Waals surface area (Å²) < 4.78 is 0. The topological polar surface area (TPSA) is 53.1 Å². The number of fused-ring (bicyclic) bond motifs is 1. The molecule has 0 amide bonds. The standard InChI is InChI=1S/C20H20ClNO2/c1-2-3-4-13-5-10-18-16(11-13)17(12-19(23)24)20(22-18)14-6-8-15(21)9-7-14/h5-11,22H,2-4,12H2,1H3,(H,23,24). The van der Waals surface area contributed by atoms with Gasteiger partial charge in [-0.15, -0.1) is 0 Å². The van der Waals surface area contributed by atoms with E-state index >= 15 is 0 Å². The van der Waals surface area contributed by atoms with E-state index in [4.69, 9.17) is 11.6 Å². The molecular weight excluding hydrogens is 322 g/mol. The minimum atomic E-state index is -0.829. The number of aliphatic carboxylic acids is 1. The highest BCUT2D eigenvalue weighted by Gasteiger charge is 2.16. The second kappa shape index (κ2) is 7.10. The van der Waals surface area contributed by atoms with Crippen LogP contribution in [0.2, 0.25) is 5.02 Å². The van der Waals surface area contributed by atoms with Crippen LogP contribution < -0.4 is 0 Å². The number of unbranched alkanes of at least 4 members (excludes halogenated alkanes) is 1. The quantitative estimate of drug-likeness (QED) is 0.625. The lowest BCUT2D eigenvalue weighted by Crippen LogP contribution is -2.01. The lowest BCUT2D eigenvalue weighted by atomic mass is 10.00. The molecule has 0 atom stereocenters. The first-order chi connectivity index (χ1) is 11.6. The highest BCUT2D eigenvalue weighted by Crippen LogP contribution is 2.32. The average Bonchev–Trinajstić information content (AvgIpc) is 2.91. The van der Waals surface area contributed by atoms with E-state index in [2.05, 4.69) is 24.0 Å². The van der Waals surface area contributed by atoms with Gasteiger partial charge in [0.05, 0.1) is 12.1 Å². The summed E-state index contributed by atoms with van der Waals surface area (Å²) in [6.07, 6.45) is 3.28. The van der Waals surface area contributed by atoms with Crippen LogP contribution in [0.3, 0.4) is 0 Å². The molecule has 0 aliphatic rings. The number of carbonyl (C=O) groups is 1. The lowest BCUT2D eigenvalue weighted by molar-refractivity contribution is -0.136. The summed E-state index contributed by atoms with van der Waals surface area (Å²) in [7, 11) is 0. The molecule has 0 saturated carbocycles. The summed E-state index contributed by atoms with van der Waals surface area (Å²) in [6, 6.07) is 13.8. The van der Waals surface area contributed by atoms with Crippen molar-refractivity contribution in [2.45, 2.75) is 32.6 Å². The van der Waals surface area contributed by atoms with Crippen molar-refractivity contribution < 1.29 is 9.90 Å². The number of aromatic nitrogens is 1. The fourth-order valence-electron chi connectivity index (χ4n) is 3.03. The third-order valence-corrected chi connectivity index (χ3v) is 4.50. The minimum Gasteiger partial charge on any atom is -0.481 e. The Bertz CT molecular complexity index is 865. The number of H-pyrrole nitrogens is 1. The van der Waals surface area contributed by atoms with Crippen molar-refractivity contribution in [1.29, 1.82) is 0 Å². The van der Waals surface area contributed by atoms with Crippen LogP contribution in [0.5, 0.6) is 0 Å². The van der Waals surface area contributed by atoms with E-state index in [-0.39, 0.29) is 6.42 Å². The maximum absolute atomic E-state index is 11.4. The maximum Gasteiger partial charge on any atom is 0.307 e. The van der Waals surface area contributed by atoms with Gasteiger partial charge in [-0.3, -0.25) is 4.79 Å². The third kappa shape index (κ3) is 3.46. The van der Waals surface area contributed by atoms with Crippen LogP contribution in [0.1, 0.15) is 30.9 Å². The number of rotatable bonds is 6. The first-order valence-corrected chi connectivity index (χ1v) is 8.57. The monoisotopic (exact) mass is 341 g/mol. The Balaban J connectivity index is 2.13. The Hall–Kier alpha value is -2.26. The molecule has 0 spiro atoms. The van der Waals surface area contributed by atoms with Gasteiger partial charge in [-0.05, 0) is 53.8 Å². The van der Waals surface area contributed by atoms with E-state index in [1.165, 1.54) is 5.56 Å². The molecule has 0 unspecified atom stereocenters. The number of carboxylic acids is 1. The predicted molar refractivity (Wildman–Crippen MR) is 98.7 cm³/mol. The Morgan fingerprint density at radius 3 is 2.58 bits per heavy atom. The van der Waals surface area contributed by atoms with Gasteiger partial charge >= 0.3 is 5.97 Å². The number of nitrogens with one attached hydrogen (secondary N) is 1. The third-order valence-electron chi connectivity index (χ3n) is 4.25. The van der Waals surface area contributed by atoms with Gasteiger partial charge in [-0.25, -0.2) is 0 Å². The summed E-state index contributed by atoms with van der Waals surface area (Å²) in [5.41, 5.74) is 4.85. The Labute approximate surface area is 146 Å².